The van der Waals surface area contributed by atoms with Gasteiger partial charge in [-0.1, -0.05) is 24.3 Å². The fourth-order valence-corrected chi connectivity index (χ4v) is 3.55. The smallest absolute Gasteiger partial charge is 0.291 e. The number of hydrogen-bond acceptors (Lipinski definition) is 8. The van der Waals surface area contributed by atoms with Crippen LogP contribution < -0.4 is 21.5 Å². The molecular weight excluding hydrogens is 540 g/mol. The van der Waals surface area contributed by atoms with Gasteiger partial charge in [-0.05, 0) is 73.5 Å². The fraction of sp³-hybridized carbons (Fsp3) is 0.133. The van der Waals surface area contributed by atoms with Crippen LogP contribution in [0.3, 0.4) is 0 Å². The Balaban J connectivity index is 1.18. The molecule has 4 amide bonds. The first-order valence-corrected chi connectivity index (χ1v) is 12.9. The van der Waals surface area contributed by atoms with Crippen LogP contribution in [0.5, 0.6) is 0 Å². The van der Waals surface area contributed by atoms with E-state index >= 15 is 0 Å². The lowest BCUT2D eigenvalue weighted by Gasteiger charge is -2.07. The highest BCUT2D eigenvalue weighted by Crippen LogP contribution is 2.14. The monoisotopic (exact) mass is 568 g/mol. The van der Waals surface area contributed by atoms with Gasteiger partial charge in [-0.15, -0.1) is 0 Å². The van der Waals surface area contributed by atoms with Crippen LogP contribution in [-0.2, 0) is 9.59 Å². The Morgan fingerprint density at radius 3 is 1.31 bits per heavy atom. The highest BCUT2D eigenvalue weighted by Gasteiger charge is 2.11. The molecule has 0 fully saturated rings. The van der Waals surface area contributed by atoms with E-state index in [1.807, 2.05) is 0 Å². The molecule has 0 radical (unpaired) electrons. The van der Waals surface area contributed by atoms with Gasteiger partial charge in [0.2, 0.25) is 11.8 Å². The predicted molar refractivity (Wildman–Crippen MR) is 156 cm³/mol. The van der Waals surface area contributed by atoms with Gasteiger partial charge >= 0.3 is 0 Å². The van der Waals surface area contributed by atoms with Gasteiger partial charge in [0.05, 0.1) is 23.9 Å². The van der Waals surface area contributed by atoms with E-state index in [1.165, 1.54) is 12.5 Å². The molecule has 42 heavy (non-hydrogen) atoms. The first kappa shape index (κ1) is 29.2. The van der Waals surface area contributed by atoms with Gasteiger partial charge in [-0.3, -0.25) is 19.2 Å². The zero-order valence-corrected chi connectivity index (χ0v) is 22.8. The quantitative estimate of drug-likeness (QED) is 0.153. The summed E-state index contributed by atoms with van der Waals surface area (Å²) in [5.74, 6) is -1.18. The molecule has 0 aliphatic rings. The van der Waals surface area contributed by atoms with Crippen molar-refractivity contribution in [2.45, 2.75) is 26.7 Å². The number of nitrogens with zero attached hydrogens (tertiary/aromatic N) is 2. The Labute approximate surface area is 240 Å². The molecule has 12 heteroatoms. The number of rotatable bonds is 11. The van der Waals surface area contributed by atoms with E-state index in [4.69, 9.17) is 8.83 Å². The normalized spacial score (nSPS) is 11.5. The van der Waals surface area contributed by atoms with Gasteiger partial charge in [0, 0.05) is 24.2 Å². The van der Waals surface area contributed by atoms with E-state index in [2.05, 4.69) is 31.7 Å². The van der Waals surface area contributed by atoms with E-state index in [0.717, 1.165) is 11.1 Å². The van der Waals surface area contributed by atoms with E-state index in [0.29, 0.717) is 22.8 Å². The van der Waals surface area contributed by atoms with Crippen LogP contribution in [-0.4, -0.2) is 35.1 Å². The maximum Gasteiger partial charge on any atom is 0.291 e. The minimum absolute atomic E-state index is 0.0843. The Morgan fingerprint density at radius 2 is 0.976 bits per heavy atom. The molecule has 2 aromatic carbocycles. The summed E-state index contributed by atoms with van der Waals surface area (Å²) in [5.41, 5.74) is 8.59. The van der Waals surface area contributed by atoms with Crippen molar-refractivity contribution in [2.24, 2.45) is 10.2 Å². The molecule has 0 aliphatic carbocycles. The summed E-state index contributed by atoms with van der Waals surface area (Å²) >= 11 is 0. The van der Waals surface area contributed by atoms with Crippen LogP contribution in [0.15, 0.2) is 104 Å². The third-order valence-corrected chi connectivity index (χ3v) is 5.89. The molecule has 0 bridgehead atoms. The second-order valence-corrected chi connectivity index (χ2v) is 8.98. The number of hydrazone groups is 2. The van der Waals surface area contributed by atoms with E-state index in [9.17, 15) is 19.2 Å². The summed E-state index contributed by atoms with van der Waals surface area (Å²) in [6, 6.07) is 20.2. The fourth-order valence-electron chi connectivity index (χ4n) is 3.55. The summed E-state index contributed by atoms with van der Waals surface area (Å²) in [6.07, 6.45) is 2.67. The standard InChI is InChI=1S/C30H28N6O6/c1-19(21-7-11-23(12-8-21)31-29(39)25-5-3-17-41-25)33-35-27(37)15-16-28(38)36-34-20(2)22-9-13-24(14-10-22)32-30(40)26-6-4-18-42-26/h3-14,17-18H,15-16H2,1-2H3,(H,31,39)(H,32,40)(H,35,37)(H,36,38)/b33-19+,34-20+. The molecule has 0 saturated carbocycles. The van der Waals surface area contributed by atoms with Crippen LogP contribution in [0.25, 0.3) is 0 Å². The highest BCUT2D eigenvalue weighted by molar-refractivity contribution is 6.04. The minimum Gasteiger partial charge on any atom is -0.459 e. The molecule has 0 atom stereocenters. The maximum atomic E-state index is 12.2. The number of nitrogens with one attached hydrogen (secondary N) is 4. The van der Waals surface area contributed by atoms with Gasteiger partial charge in [0.15, 0.2) is 11.5 Å². The summed E-state index contributed by atoms with van der Waals surface area (Å²) in [7, 11) is 0. The first-order chi connectivity index (χ1) is 20.3. The lowest BCUT2D eigenvalue weighted by molar-refractivity contribution is -0.126. The van der Waals surface area contributed by atoms with Crippen molar-refractivity contribution < 1.29 is 28.0 Å². The highest BCUT2D eigenvalue weighted by atomic mass is 16.3. The number of anilines is 2. The summed E-state index contributed by atoms with van der Waals surface area (Å²) in [5, 5.41) is 13.6. The van der Waals surface area contributed by atoms with Crippen molar-refractivity contribution >= 4 is 46.4 Å². The van der Waals surface area contributed by atoms with Crippen molar-refractivity contribution in [3.8, 4) is 0 Å². The Kier molecular flexibility index (Phi) is 9.76. The average molecular weight is 569 g/mol. The summed E-state index contributed by atoms with van der Waals surface area (Å²) in [6.45, 7) is 3.45. The zero-order chi connectivity index (χ0) is 29.9. The van der Waals surface area contributed by atoms with Crippen LogP contribution in [0, 0.1) is 0 Å². The third-order valence-electron chi connectivity index (χ3n) is 5.89. The molecule has 4 rings (SSSR count). The Hall–Kier alpha value is -5.78. The second-order valence-electron chi connectivity index (χ2n) is 8.98. The number of hydrogen-bond donors (Lipinski definition) is 4. The third kappa shape index (κ3) is 8.36. The van der Waals surface area contributed by atoms with Crippen LogP contribution in [0.4, 0.5) is 11.4 Å². The van der Waals surface area contributed by atoms with Crippen molar-refractivity contribution in [3.05, 3.63) is 108 Å². The van der Waals surface area contributed by atoms with Gasteiger partial charge < -0.3 is 19.5 Å². The van der Waals surface area contributed by atoms with Crippen molar-refractivity contribution in [2.75, 3.05) is 10.6 Å². The van der Waals surface area contributed by atoms with Crippen LogP contribution in [0.1, 0.15) is 58.9 Å². The number of furan rings is 2. The molecule has 2 aromatic heterocycles. The molecule has 0 aliphatic heterocycles. The minimum atomic E-state index is -0.431. The van der Waals surface area contributed by atoms with Gasteiger partial charge in [0.25, 0.3) is 11.8 Å². The van der Waals surface area contributed by atoms with Crippen molar-refractivity contribution in [3.63, 3.8) is 0 Å². The predicted octanol–water partition coefficient (Wildman–Crippen LogP) is 4.54. The molecule has 0 unspecified atom stereocenters. The molecular formula is C30H28N6O6. The summed E-state index contributed by atoms with van der Waals surface area (Å²) < 4.78 is 10.1. The molecule has 214 valence electrons. The number of benzene rings is 2. The van der Waals surface area contributed by atoms with E-state index in [1.54, 1.807) is 86.6 Å². The van der Waals surface area contributed by atoms with E-state index in [-0.39, 0.29) is 36.2 Å². The van der Waals surface area contributed by atoms with Crippen LogP contribution >= 0.6 is 0 Å². The van der Waals surface area contributed by atoms with Crippen molar-refractivity contribution in [1.82, 2.24) is 10.9 Å². The largest absolute Gasteiger partial charge is 0.459 e. The number of amides is 4. The van der Waals surface area contributed by atoms with Crippen molar-refractivity contribution in [1.29, 1.82) is 0 Å². The Morgan fingerprint density at radius 1 is 0.595 bits per heavy atom. The molecule has 0 spiro atoms. The molecule has 0 saturated heterocycles. The number of carbonyl (C=O) groups excluding carboxylic acids is 4. The van der Waals surface area contributed by atoms with Gasteiger partial charge in [0.1, 0.15) is 0 Å². The zero-order valence-electron chi connectivity index (χ0n) is 22.8. The lowest BCUT2D eigenvalue weighted by Crippen LogP contribution is -2.24. The van der Waals surface area contributed by atoms with Crippen LogP contribution in [0.2, 0.25) is 0 Å². The SMILES string of the molecule is C/C(=N\NC(=O)CCC(=O)N/N=C(\C)c1ccc(NC(=O)c2ccco2)cc1)c1ccc(NC(=O)c2ccco2)cc1. The molecule has 4 N–H and O–H groups in total. The van der Waals surface area contributed by atoms with Gasteiger partial charge in [-0.25, -0.2) is 10.9 Å². The van der Waals surface area contributed by atoms with Gasteiger partial charge in [-0.2, -0.15) is 10.2 Å². The molecule has 2 heterocycles. The average Bonchev–Trinajstić information content (AvgIpc) is 3.74. The lowest BCUT2D eigenvalue weighted by atomic mass is 10.1. The molecule has 4 aromatic rings. The second kappa shape index (κ2) is 14.0. The van der Waals surface area contributed by atoms with E-state index < -0.39 is 11.8 Å². The Bertz CT molecular complexity index is 1470. The number of carbonyl (C=O) groups is 4. The molecule has 12 nitrogen and oxygen atoms in total. The summed E-state index contributed by atoms with van der Waals surface area (Å²) in [4.78, 5) is 48.5. The first-order valence-electron chi connectivity index (χ1n) is 12.9. The topological polar surface area (TPSA) is 167 Å². The maximum absolute atomic E-state index is 12.2.